The SMILES string of the molecule is CCOc1ccc(NC(=O)c2cncc(O)c2)c(C)c1. The highest BCUT2D eigenvalue weighted by Gasteiger charge is 2.09. The van der Waals surface area contributed by atoms with Gasteiger partial charge in [0.05, 0.1) is 18.4 Å². The van der Waals surface area contributed by atoms with Crippen molar-refractivity contribution in [3.63, 3.8) is 0 Å². The van der Waals surface area contributed by atoms with Crippen LogP contribution in [-0.4, -0.2) is 22.6 Å². The van der Waals surface area contributed by atoms with E-state index in [1.807, 2.05) is 19.9 Å². The van der Waals surface area contributed by atoms with Crippen LogP contribution in [0.25, 0.3) is 0 Å². The third kappa shape index (κ3) is 3.26. The molecule has 0 bridgehead atoms. The van der Waals surface area contributed by atoms with E-state index in [-0.39, 0.29) is 11.7 Å². The summed E-state index contributed by atoms with van der Waals surface area (Å²) in [5.41, 5.74) is 1.90. The Morgan fingerprint density at radius 3 is 2.80 bits per heavy atom. The van der Waals surface area contributed by atoms with Crippen molar-refractivity contribution in [3.8, 4) is 11.5 Å². The molecule has 0 aliphatic rings. The fourth-order valence-electron chi connectivity index (χ4n) is 1.78. The summed E-state index contributed by atoms with van der Waals surface area (Å²) < 4.78 is 5.39. The summed E-state index contributed by atoms with van der Waals surface area (Å²) in [4.78, 5) is 15.8. The first-order valence-electron chi connectivity index (χ1n) is 6.29. The van der Waals surface area contributed by atoms with Crippen molar-refractivity contribution in [2.75, 3.05) is 11.9 Å². The Morgan fingerprint density at radius 1 is 1.35 bits per heavy atom. The van der Waals surface area contributed by atoms with Crippen LogP contribution in [0.2, 0.25) is 0 Å². The lowest BCUT2D eigenvalue weighted by molar-refractivity contribution is 0.102. The van der Waals surface area contributed by atoms with Crippen LogP contribution in [0.1, 0.15) is 22.8 Å². The van der Waals surface area contributed by atoms with Gasteiger partial charge < -0.3 is 15.2 Å². The Morgan fingerprint density at radius 2 is 2.15 bits per heavy atom. The van der Waals surface area contributed by atoms with Crippen LogP contribution in [0.5, 0.6) is 11.5 Å². The topological polar surface area (TPSA) is 71.5 Å². The van der Waals surface area contributed by atoms with Crippen molar-refractivity contribution in [1.29, 1.82) is 0 Å². The van der Waals surface area contributed by atoms with Crippen molar-refractivity contribution in [1.82, 2.24) is 4.98 Å². The Kier molecular flexibility index (Phi) is 4.20. The first-order chi connectivity index (χ1) is 9.60. The number of hydrogen-bond acceptors (Lipinski definition) is 4. The van der Waals surface area contributed by atoms with Crippen LogP contribution in [0.3, 0.4) is 0 Å². The molecular weight excluding hydrogens is 256 g/mol. The quantitative estimate of drug-likeness (QED) is 0.897. The molecule has 20 heavy (non-hydrogen) atoms. The van der Waals surface area contributed by atoms with E-state index in [9.17, 15) is 9.90 Å². The molecule has 0 radical (unpaired) electrons. The third-order valence-electron chi connectivity index (χ3n) is 2.74. The van der Waals surface area contributed by atoms with Gasteiger partial charge in [0.1, 0.15) is 11.5 Å². The van der Waals surface area contributed by atoms with Crippen molar-refractivity contribution < 1.29 is 14.6 Å². The smallest absolute Gasteiger partial charge is 0.257 e. The fraction of sp³-hybridized carbons (Fsp3) is 0.200. The highest BCUT2D eigenvalue weighted by Crippen LogP contribution is 2.22. The number of hydrogen-bond donors (Lipinski definition) is 2. The zero-order chi connectivity index (χ0) is 14.5. The Balaban J connectivity index is 2.15. The maximum Gasteiger partial charge on any atom is 0.257 e. The molecule has 1 heterocycles. The minimum absolute atomic E-state index is 0.0407. The zero-order valence-corrected chi connectivity index (χ0v) is 11.4. The lowest BCUT2D eigenvalue weighted by atomic mass is 10.1. The Bertz CT molecular complexity index is 626. The van der Waals surface area contributed by atoms with Crippen LogP contribution in [0, 0.1) is 6.92 Å². The zero-order valence-electron chi connectivity index (χ0n) is 11.4. The lowest BCUT2D eigenvalue weighted by Crippen LogP contribution is -2.13. The van der Waals surface area contributed by atoms with Gasteiger partial charge in [-0.25, -0.2) is 0 Å². The van der Waals surface area contributed by atoms with Gasteiger partial charge in [-0.05, 0) is 43.7 Å². The summed E-state index contributed by atoms with van der Waals surface area (Å²) >= 11 is 0. The number of carbonyl (C=O) groups is 1. The number of carbonyl (C=O) groups excluding carboxylic acids is 1. The molecule has 0 saturated heterocycles. The van der Waals surface area contributed by atoms with Gasteiger partial charge in [0.2, 0.25) is 0 Å². The second-order valence-corrected chi connectivity index (χ2v) is 4.30. The molecule has 2 rings (SSSR count). The molecule has 1 amide bonds. The third-order valence-corrected chi connectivity index (χ3v) is 2.74. The van der Waals surface area contributed by atoms with Gasteiger partial charge in [0.15, 0.2) is 0 Å². The number of ether oxygens (including phenoxy) is 1. The molecule has 1 aromatic carbocycles. The largest absolute Gasteiger partial charge is 0.506 e. The monoisotopic (exact) mass is 272 g/mol. The molecule has 0 unspecified atom stereocenters. The number of aromatic hydroxyl groups is 1. The number of benzene rings is 1. The Hall–Kier alpha value is -2.56. The van der Waals surface area contributed by atoms with Crippen molar-refractivity contribution in [2.24, 2.45) is 0 Å². The number of pyridine rings is 1. The minimum Gasteiger partial charge on any atom is -0.506 e. The number of aryl methyl sites for hydroxylation is 1. The maximum absolute atomic E-state index is 12.0. The molecule has 5 nitrogen and oxygen atoms in total. The number of anilines is 1. The molecule has 104 valence electrons. The molecular formula is C15H16N2O3. The van der Waals surface area contributed by atoms with Gasteiger partial charge in [0, 0.05) is 11.9 Å². The molecule has 1 aromatic heterocycles. The summed E-state index contributed by atoms with van der Waals surface area (Å²) in [6, 6.07) is 6.81. The average Bonchev–Trinajstić information content (AvgIpc) is 2.42. The molecule has 0 spiro atoms. The van der Waals surface area contributed by atoms with Crippen LogP contribution in [0.4, 0.5) is 5.69 Å². The summed E-state index contributed by atoms with van der Waals surface area (Å²) in [7, 11) is 0. The molecule has 0 aliphatic carbocycles. The standard InChI is InChI=1S/C15H16N2O3/c1-3-20-13-4-5-14(10(2)6-13)17-15(19)11-7-12(18)9-16-8-11/h4-9,18H,3H2,1-2H3,(H,17,19). The molecule has 0 atom stereocenters. The number of nitrogens with zero attached hydrogens (tertiary/aromatic N) is 1. The second kappa shape index (κ2) is 6.06. The summed E-state index contributed by atoms with van der Waals surface area (Å²) in [5, 5.41) is 12.1. The van der Waals surface area contributed by atoms with E-state index in [1.165, 1.54) is 18.5 Å². The highest BCUT2D eigenvalue weighted by molar-refractivity contribution is 6.04. The van der Waals surface area contributed by atoms with E-state index in [4.69, 9.17) is 4.74 Å². The van der Waals surface area contributed by atoms with E-state index in [0.717, 1.165) is 11.3 Å². The summed E-state index contributed by atoms with van der Waals surface area (Å²) in [5.74, 6) is 0.406. The van der Waals surface area contributed by atoms with E-state index < -0.39 is 0 Å². The van der Waals surface area contributed by atoms with Crippen molar-refractivity contribution >= 4 is 11.6 Å². The van der Waals surface area contributed by atoms with Crippen molar-refractivity contribution in [2.45, 2.75) is 13.8 Å². The van der Waals surface area contributed by atoms with Gasteiger partial charge in [0.25, 0.3) is 5.91 Å². The van der Waals surface area contributed by atoms with Crippen LogP contribution >= 0.6 is 0 Å². The summed E-state index contributed by atoms with van der Waals surface area (Å²) in [6.45, 7) is 4.40. The van der Waals surface area contributed by atoms with E-state index >= 15 is 0 Å². The molecule has 0 saturated carbocycles. The van der Waals surface area contributed by atoms with Gasteiger partial charge >= 0.3 is 0 Å². The number of aromatic nitrogens is 1. The van der Waals surface area contributed by atoms with Gasteiger partial charge in [-0.3, -0.25) is 9.78 Å². The minimum atomic E-state index is -0.319. The maximum atomic E-state index is 12.0. The highest BCUT2D eigenvalue weighted by atomic mass is 16.5. The number of nitrogens with one attached hydrogen (secondary N) is 1. The molecule has 0 fully saturated rings. The average molecular weight is 272 g/mol. The number of amides is 1. The number of rotatable bonds is 4. The molecule has 2 N–H and O–H groups in total. The predicted molar refractivity (Wildman–Crippen MR) is 76.2 cm³/mol. The van der Waals surface area contributed by atoms with Crippen molar-refractivity contribution in [3.05, 3.63) is 47.8 Å². The molecule has 2 aromatic rings. The summed E-state index contributed by atoms with van der Waals surface area (Å²) in [6.07, 6.45) is 2.68. The van der Waals surface area contributed by atoms with Gasteiger partial charge in [-0.15, -0.1) is 0 Å². The van der Waals surface area contributed by atoms with E-state index in [2.05, 4.69) is 10.3 Å². The first-order valence-corrected chi connectivity index (χ1v) is 6.29. The van der Waals surface area contributed by atoms with Crippen LogP contribution in [-0.2, 0) is 0 Å². The van der Waals surface area contributed by atoms with Gasteiger partial charge in [-0.1, -0.05) is 0 Å². The van der Waals surface area contributed by atoms with Crippen LogP contribution < -0.4 is 10.1 Å². The van der Waals surface area contributed by atoms with Gasteiger partial charge in [-0.2, -0.15) is 0 Å². The molecule has 5 heteroatoms. The second-order valence-electron chi connectivity index (χ2n) is 4.30. The van der Waals surface area contributed by atoms with E-state index in [0.29, 0.717) is 17.9 Å². The van der Waals surface area contributed by atoms with E-state index in [1.54, 1.807) is 12.1 Å². The first kappa shape index (κ1) is 13.9. The fourth-order valence-corrected chi connectivity index (χ4v) is 1.78. The van der Waals surface area contributed by atoms with Crippen LogP contribution in [0.15, 0.2) is 36.7 Å². The predicted octanol–water partition coefficient (Wildman–Crippen LogP) is 2.75. The molecule has 0 aliphatic heterocycles. The lowest BCUT2D eigenvalue weighted by Gasteiger charge is -2.10. The normalized spacial score (nSPS) is 10.1. The Labute approximate surface area is 117 Å².